The molecule has 0 radical (unpaired) electrons. The molecule has 0 spiro atoms. The van der Waals surface area contributed by atoms with Crippen molar-refractivity contribution in [3.63, 3.8) is 0 Å². The first-order valence-electron chi connectivity index (χ1n) is 11.1. The average molecular weight is 447 g/mol. The fourth-order valence-corrected chi connectivity index (χ4v) is 3.91. The number of para-hydroxylation sites is 2. The molecule has 0 unspecified atom stereocenters. The van der Waals surface area contributed by atoms with Crippen molar-refractivity contribution in [1.82, 2.24) is 9.13 Å². The predicted octanol–water partition coefficient (Wildman–Crippen LogP) is 6.75. The van der Waals surface area contributed by atoms with Gasteiger partial charge in [0.05, 0.1) is 11.0 Å². The molecule has 33 heavy (non-hydrogen) atoms. The number of nitrogens with zero attached hydrogens (tertiary/aromatic N) is 2. The van der Waals surface area contributed by atoms with Gasteiger partial charge in [0.25, 0.3) is 0 Å². The Morgan fingerprint density at radius 2 is 1.03 bits per heavy atom. The molecule has 4 aromatic rings. The van der Waals surface area contributed by atoms with E-state index in [9.17, 15) is 9.59 Å². The van der Waals surface area contributed by atoms with E-state index in [-0.39, 0.29) is 0 Å². The lowest BCUT2D eigenvalue weighted by Gasteiger charge is -2.19. The second-order valence-electron chi connectivity index (χ2n) is 10.2. The van der Waals surface area contributed by atoms with Crippen molar-refractivity contribution >= 4 is 34.0 Å². The molecule has 0 saturated carbocycles. The van der Waals surface area contributed by atoms with Crippen molar-refractivity contribution in [2.24, 2.45) is 0 Å². The minimum Gasteiger partial charge on any atom is -0.443 e. The van der Waals surface area contributed by atoms with Crippen LogP contribution < -0.4 is 0 Å². The highest BCUT2D eigenvalue weighted by molar-refractivity contribution is 5.95. The molecule has 0 bridgehead atoms. The molecule has 6 heteroatoms. The van der Waals surface area contributed by atoms with Gasteiger partial charge in [0.1, 0.15) is 11.2 Å². The Morgan fingerprint density at radius 3 is 1.39 bits per heavy atom. The van der Waals surface area contributed by atoms with Gasteiger partial charge in [0.2, 0.25) is 0 Å². The Kier molecular flexibility index (Phi) is 5.56. The first kappa shape index (κ1) is 22.6. The molecule has 0 N–H and O–H groups in total. The summed E-state index contributed by atoms with van der Waals surface area (Å²) in [4.78, 5) is 25.7. The largest absolute Gasteiger partial charge is 0.443 e. The van der Waals surface area contributed by atoms with E-state index in [2.05, 4.69) is 0 Å². The molecule has 2 aromatic heterocycles. The monoisotopic (exact) mass is 446 g/mol. The van der Waals surface area contributed by atoms with Crippen LogP contribution in [0.2, 0.25) is 0 Å². The highest BCUT2D eigenvalue weighted by Crippen LogP contribution is 2.29. The van der Waals surface area contributed by atoms with E-state index < -0.39 is 23.4 Å². The molecule has 4 rings (SSSR count). The van der Waals surface area contributed by atoms with E-state index in [0.717, 1.165) is 32.9 Å². The molecular weight excluding hydrogens is 416 g/mol. The van der Waals surface area contributed by atoms with Crippen LogP contribution in [-0.2, 0) is 15.9 Å². The van der Waals surface area contributed by atoms with Gasteiger partial charge in [0, 0.05) is 29.6 Å². The van der Waals surface area contributed by atoms with Crippen LogP contribution in [0.25, 0.3) is 21.8 Å². The zero-order valence-electron chi connectivity index (χ0n) is 20.0. The van der Waals surface area contributed by atoms with E-state index in [0.29, 0.717) is 6.42 Å². The Bertz CT molecular complexity index is 1240. The van der Waals surface area contributed by atoms with Crippen LogP contribution >= 0.6 is 0 Å². The van der Waals surface area contributed by atoms with Gasteiger partial charge in [0.15, 0.2) is 0 Å². The Balaban J connectivity index is 1.77. The summed E-state index contributed by atoms with van der Waals surface area (Å²) < 4.78 is 14.3. The fraction of sp³-hybridized carbons (Fsp3) is 0.333. The SMILES string of the molecule is CC(C)(C)OC(=O)n1cc(Cc2cn(C(=O)OC(C)(C)C)c3ccccc23)c2ccccc21. The topological polar surface area (TPSA) is 62.5 Å². The third-order valence-corrected chi connectivity index (χ3v) is 5.15. The maximum Gasteiger partial charge on any atom is 0.419 e. The number of rotatable bonds is 2. The number of benzene rings is 2. The number of carbonyl (C=O) groups is 2. The third-order valence-electron chi connectivity index (χ3n) is 5.15. The number of carbonyl (C=O) groups excluding carboxylic acids is 2. The molecule has 0 atom stereocenters. The van der Waals surface area contributed by atoms with E-state index in [4.69, 9.17) is 9.47 Å². The standard InChI is InChI=1S/C27H30N2O4/c1-26(2,3)32-24(30)28-16-18(20-11-7-9-13-22(20)28)15-19-17-29(25(31)33-27(4,5)6)23-14-10-8-12-21(19)23/h7-14,16-17H,15H2,1-6H3. The van der Waals surface area contributed by atoms with Crippen molar-refractivity contribution in [3.8, 4) is 0 Å². The lowest BCUT2D eigenvalue weighted by atomic mass is 10.0. The Morgan fingerprint density at radius 1 is 0.667 bits per heavy atom. The van der Waals surface area contributed by atoms with Gasteiger partial charge in [-0.15, -0.1) is 0 Å². The zero-order valence-corrected chi connectivity index (χ0v) is 20.0. The molecule has 172 valence electrons. The normalized spacial score (nSPS) is 12.3. The molecule has 2 aromatic carbocycles. The Labute approximate surface area is 193 Å². The van der Waals surface area contributed by atoms with Gasteiger partial charge in [-0.25, -0.2) is 9.59 Å². The first-order chi connectivity index (χ1) is 15.4. The van der Waals surface area contributed by atoms with Gasteiger partial charge in [-0.3, -0.25) is 9.13 Å². The zero-order chi connectivity index (χ0) is 24.0. The number of ether oxygens (including phenoxy) is 2. The van der Waals surface area contributed by atoms with Gasteiger partial charge in [-0.2, -0.15) is 0 Å². The summed E-state index contributed by atoms with van der Waals surface area (Å²) in [6.07, 6.45) is 3.38. The molecule has 0 aliphatic heterocycles. The summed E-state index contributed by atoms with van der Waals surface area (Å²) in [5, 5.41) is 1.94. The third kappa shape index (κ3) is 4.80. The van der Waals surface area contributed by atoms with Crippen LogP contribution in [0.3, 0.4) is 0 Å². The smallest absolute Gasteiger partial charge is 0.419 e. The lowest BCUT2D eigenvalue weighted by molar-refractivity contribution is 0.0533. The second-order valence-corrected chi connectivity index (χ2v) is 10.2. The second kappa shape index (κ2) is 8.10. The lowest BCUT2D eigenvalue weighted by Crippen LogP contribution is -2.26. The molecule has 0 fully saturated rings. The average Bonchev–Trinajstić information content (AvgIpc) is 3.25. The molecule has 2 heterocycles. The number of fused-ring (bicyclic) bond motifs is 2. The van der Waals surface area contributed by atoms with Crippen molar-refractivity contribution in [3.05, 3.63) is 72.1 Å². The van der Waals surface area contributed by atoms with E-state index in [1.54, 1.807) is 9.13 Å². The van der Waals surface area contributed by atoms with Crippen molar-refractivity contribution < 1.29 is 19.1 Å². The minimum atomic E-state index is -0.594. The molecule has 0 amide bonds. The summed E-state index contributed by atoms with van der Waals surface area (Å²) in [6.45, 7) is 11.1. The predicted molar refractivity (Wildman–Crippen MR) is 130 cm³/mol. The van der Waals surface area contributed by atoms with Crippen LogP contribution in [0.15, 0.2) is 60.9 Å². The quantitative estimate of drug-likeness (QED) is 0.341. The molecule has 0 aliphatic carbocycles. The molecule has 0 saturated heterocycles. The first-order valence-corrected chi connectivity index (χ1v) is 11.1. The molecular formula is C27H30N2O4. The molecule has 6 nitrogen and oxygen atoms in total. The number of aromatic nitrogens is 2. The van der Waals surface area contributed by atoms with Crippen LogP contribution in [0.5, 0.6) is 0 Å². The minimum absolute atomic E-state index is 0.416. The van der Waals surface area contributed by atoms with Crippen molar-refractivity contribution in [2.45, 2.75) is 59.2 Å². The van der Waals surface area contributed by atoms with Crippen molar-refractivity contribution in [2.75, 3.05) is 0 Å². The summed E-state index contributed by atoms with van der Waals surface area (Å²) in [7, 11) is 0. The highest BCUT2D eigenvalue weighted by atomic mass is 16.6. The van der Waals surface area contributed by atoms with Gasteiger partial charge in [-0.05, 0) is 64.8 Å². The van der Waals surface area contributed by atoms with Gasteiger partial charge >= 0.3 is 12.2 Å². The summed E-state index contributed by atoms with van der Waals surface area (Å²) in [5.41, 5.74) is 2.34. The van der Waals surface area contributed by atoms with E-state index in [1.165, 1.54) is 0 Å². The summed E-state index contributed by atoms with van der Waals surface area (Å²) in [5.74, 6) is 0. The Hall–Kier alpha value is -3.54. The van der Waals surface area contributed by atoms with E-state index >= 15 is 0 Å². The fourth-order valence-electron chi connectivity index (χ4n) is 3.91. The van der Waals surface area contributed by atoms with Gasteiger partial charge < -0.3 is 9.47 Å². The molecule has 0 aliphatic rings. The van der Waals surface area contributed by atoms with Crippen LogP contribution in [-0.4, -0.2) is 32.5 Å². The summed E-state index contributed by atoms with van der Waals surface area (Å²) >= 11 is 0. The van der Waals surface area contributed by atoms with Crippen LogP contribution in [0, 0.1) is 0 Å². The van der Waals surface area contributed by atoms with Crippen LogP contribution in [0.4, 0.5) is 9.59 Å². The van der Waals surface area contributed by atoms with Gasteiger partial charge in [-0.1, -0.05) is 36.4 Å². The highest BCUT2D eigenvalue weighted by Gasteiger charge is 2.23. The maximum absolute atomic E-state index is 12.9. The van der Waals surface area contributed by atoms with Crippen molar-refractivity contribution in [1.29, 1.82) is 0 Å². The number of hydrogen-bond donors (Lipinski definition) is 0. The summed E-state index contributed by atoms with van der Waals surface area (Å²) in [6, 6.07) is 15.5. The maximum atomic E-state index is 12.9. The number of hydrogen-bond acceptors (Lipinski definition) is 4. The van der Waals surface area contributed by atoms with Crippen LogP contribution in [0.1, 0.15) is 52.7 Å². The van der Waals surface area contributed by atoms with E-state index in [1.807, 2.05) is 102 Å².